The fourth-order valence-electron chi connectivity index (χ4n) is 2.19. The lowest BCUT2D eigenvalue weighted by atomic mass is 10.1. The van der Waals surface area contributed by atoms with Crippen molar-refractivity contribution < 1.29 is 4.74 Å². The van der Waals surface area contributed by atoms with Crippen molar-refractivity contribution in [3.63, 3.8) is 0 Å². The van der Waals surface area contributed by atoms with Gasteiger partial charge in [-0.15, -0.1) is 11.3 Å². The minimum absolute atomic E-state index is 0.688. The quantitative estimate of drug-likeness (QED) is 0.848. The van der Waals surface area contributed by atoms with Crippen molar-refractivity contribution in [2.75, 3.05) is 6.61 Å². The Morgan fingerprint density at radius 1 is 1.33 bits per heavy atom. The SMILES string of the molecule is Cc1ccc(C)c(OCCc2ncc(CNC3CC3)s2)c1. The third-order valence-electron chi connectivity index (χ3n) is 3.66. The van der Waals surface area contributed by atoms with Crippen molar-refractivity contribution in [3.05, 3.63) is 45.4 Å². The van der Waals surface area contributed by atoms with E-state index in [1.165, 1.54) is 28.8 Å². The summed E-state index contributed by atoms with van der Waals surface area (Å²) in [5.74, 6) is 0.988. The lowest BCUT2D eigenvalue weighted by Crippen LogP contribution is -2.14. The average Bonchev–Trinajstić information content (AvgIpc) is 3.20. The number of aromatic nitrogens is 1. The van der Waals surface area contributed by atoms with Crippen LogP contribution in [-0.4, -0.2) is 17.6 Å². The molecule has 1 saturated carbocycles. The molecule has 0 bridgehead atoms. The first-order chi connectivity index (χ1) is 10.2. The van der Waals surface area contributed by atoms with Crippen LogP contribution in [0.15, 0.2) is 24.4 Å². The van der Waals surface area contributed by atoms with Crippen LogP contribution in [0.5, 0.6) is 5.75 Å². The summed E-state index contributed by atoms with van der Waals surface area (Å²) in [6.45, 7) is 5.82. The monoisotopic (exact) mass is 302 g/mol. The Kier molecular flexibility index (Phi) is 4.56. The van der Waals surface area contributed by atoms with Gasteiger partial charge in [0.2, 0.25) is 0 Å². The predicted octanol–water partition coefficient (Wildman–Crippen LogP) is 3.63. The maximum absolute atomic E-state index is 5.89. The van der Waals surface area contributed by atoms with E-state index in [0.717, 1.165) is 29.8 Å². The molecule has 112 valence electrons. The van der Waals surface area contributed by atoms with E-state index >= 15 is 0 Å². The van der Waals surface area contributed by atoms with Gasteiger partial charge in [-0.05, 0) is 43.9 Å². The van der Waals surface area contributed by atoms with E-state index in [4.69, 9.17) is 4.74 Å². The second-order valence-corrected chi connectivity index (χ2v) is 6.94. The highest BCUT2D eigenvalue weighted by molar-refractivity contribution is 7.11. The van der Waals surface area contributed by atoms with E-state index in [1.807, 2.05) is 6.20 Å². The smallest absolute Gasteiger partial charge is 0.122 e. The molecule has 21 heavy (non-hydrogen) atoms. The van der Waals surface area contributed by atoms with Crippen molar-refractivity contribution in [2.45, 2.75) is 45.7 Å². The fourth-order valence-corrected chi connectivity index (χ4v) is 3.04. The first-order valence-electron chi connectivity index (χ1n) is 7.58. The number of aryl methyl sites for hydroxylation is 2. The van der Waals surface area contributed by atoms with Crippen LogP contribution in [-0.2, 0) is 13.0 Å². The van der Waals surface area contributed by atoms with Gasteiger partial charge in [0.25, 0.3) is 0 Å². The topological polar surface area (TPSA) is 34.1 Å². The fraction of sp³-hybridized carbons (Fsp3) is 0.471. The number of hydrogen-bond acceptors (Lipinski definition) is 4. The third-order valence-corrected chi connectivity index (χ3v) is 4.72. The van der Waals surface area contributed by atoms with Crippen LogP contribution in [0.25, 0.3) is 0 Å². The normalized spacial score (nSPS) is 14.4. The Morgan fingerprint density at radius 3 is 3.00 bits per heavy atom. The molecule has 1 N–H and O–H groups in total. The minimum atomic E-state index is 0.688. The number of nitrogens with one attached hydrogen (secondary N) is 1. The van der Waals surface area contributed by atoms with Crippen molar-refractivity contribution >= 4 is 11.3 Å². The van der Waals surface area contributed by atoms with Crippen molar-refractivity contribution in [1.82, 2.24) is 10.3 Å². The van der Waals surface area contributed by atoms with Crippen LogP contribution >= 0.6 is 11.3 Å². The molecule has 0 atom stereocenters. The molecule has 0 unspecified atom stereocenters. The molecule has 0 spiro atoms. The number of nitrogens with zero attached hydrogens (tertiary/aromatic N) is 1. The maximum atomic E-state index is 5.89. The second kappa shape index (κ2) is 6.58. The number of rotatable bonds is 7. The Bertz CT molecular complexity index is 605. The molecular weight excluding hydrogens is 280 g/mol. The zero-order valence-corrected chi connectivity index (χ0v) is 13.5. The van der Waals surface area contributed by atoms with E-state index in [2.05, 4.69) is 42.3 Å². The van der Waals surface area contributed by atoms with Crippen LogP contribution in [0, 0.1) is 13.8 Å². The summed E-state index contributed by atoms with van der Waals surface area (Å²) in [6, 6.07) is 7.07. The standard InChI is InChI=1S/C17H22N2OS/c1-12-3-4-13(2)16(9-12)20-8-7-17-19-11-15(21-17)10-18-14-5-6-14/h3-4,9,11,14,18H,5-8,10H2,1-2H3. The molecule has 1 aliphatic rings. The van der Waals surface area contributed by atoms with Gasteiger partial charge in [0.05, 0.1) is 11.6 Å². The number of benzene rings is 1. The summed E-state index contributed by atoms with van der Waals surface area (Å²) >= 11 is 1.79. The molecule has 1 aromatic carbocycles. The number of hydrogen-bond donors (Lipinski definition) is 1. The molecule has 1 fully saturated rings. The van der Waals surface area contributed by atoms with Gasteiger partial charge in [-0.1, -0.05) is 12.1 Å². The van der Waals surface area contributed by atoms with Crippen LogP contribution in [0.3, 0.4) is 0 Å². The second-order valence-electron chi connectivity index (χ2n) is 5.74. The molecule has 1 aliphatic carbocycles. The molecule has 1 aromatic heterocycles. The molecule has 1 heterocycles. The van der Waals surface area contributed by atoms with Gasteiger partial charge in [-0.25, -0.2) is 4.98 Å². The van der Waals surface area contributed by atoms with Gasteiger partial charge in [0.1, 0.15) is 5.75 Å². The molecule has 3 rings (SSSR count). The van der Waals surface area contributed by atoms with Crippen LogP contribution in [0.2, 0.25) is 0 Å². The van der Waals surface area contributed by atoms with E-state index in [9.17, 15) is 0 Å². The van der Waals surface area contributed by atoms with Crippen LogP contribution in [0.4, 0.5) is 0 Å². The first-order valence-corrected chi connectivity index (χ1v) is 8.39. The molecule has 0 radical (unpaired) electrons. The molecule has 3 nitrogen and oxygen atoms in total. The van der Waals surface area contributed by atoms with Gasteiger partial charge in [0.15, 0.2) is 0 Å². The highest BCUT2D eigenvalue weighted by atomic mass is 32.1. The predicted molar refractivity (Wildman–Crippen MR) is 87.1 cm³/mol. The summed E-state index contributed by atoms with van der Waals surface area (Å²) in [6.07, 6.45) is 5.53. The average molecular weight is 302 g/mol. The Morgan fingerprint density at radius 2 is 2.19 bits per heavy atom. The Labute approximate surface area is 130 Å². The molecule has 4 heteroatoms. The van der Waals surface area contributed by atoms with Gasteiger partial charge in [-0.2, -0.15) is 0 Å². The summed E-state index contributed by atoms with van der Waals surface area (Å²) in [5.41, 5.74) is 2.42. The summed E-state index contributed by atoms with van der Waals surface area (Å²) < 4.78 is 5.89. The molecule has 2 aromatic rings. The largest absolute Gasteiger partial charge is 0.493 e. The Hall–Kier alpha value is -1.39. The first kappa shape index (κ1) is 14.5. The zero-order valence-electron chi connectivity index (χ0n) is 12.7. The van der Waals surface area contributed by atoms with Crippen LogP contribution < -0.4 is 10.1 Å². The highest BCUT2D eigenvalue weighted by Crippen LogP contribution is 2.22. The van der Waals surface area contributed by atoms with Crippen molar-refractivity contribution in [2.24, 2.45) is 0 Å². The molecular formula is C17H22N2OS. The van der Waals surface area contributed by atoms with Crippen molar-refractivity contribution in [3.8, 4) is 5.75 Å². The van der Waals surface area contributed by atoms with Gasteiger partial charge in [-0.3, -0.25) is 0 Å². The summed E-state index contributed by atoms with van der Waals surface area (Å²) in [4.78, 5) is 5.81. The van der Waals surface area contributed by atoms with Gasteiger partial charge in [0, 0.05) is 30.1 Å². The van der Waals surface area contributed by atoms with E-state index in [0.29, 0.717) is 6.61 Å². The summed E-state index contributed by atoms with van der Waals surface area (Å²) in [7, 11) is 0. The zero-order chi connectivity index (χ0) is 14.7. The maximum Gasteiger partial charge on any atom is 0.122 e. The van der Waals surface area contributed by atoms with Crippen LogP contribution in [0.1, 0.15) is 33.9 Å². The number of thiazole rings is 1. The lowest BCUT2D eigenvalue weighted by Gasteiger charge is -2.08. The van der Waals surface area contributed by atoms with Crippen molar-refractivity contribution in [1.29, 1.82) is 0 Å². The molecule has 0 saturated heterocycles. The molecule has 0 amide bonds. The van der Waals surface area contributed by atoms with Gasteiger partial charge < -0.3 is 10.1 Å². The number of ether oxygens (including phenoxy) is 1. The van der Waals surface area contributed by atoms with Gasteiger partial charge >= 0.3 is 0 Å². The molecule has 0 aliphatic heterocycles. The lowest BCUT2D eigenvalue weighted by molar-refractivity contribution is 0.319. The highest BCUT2D eigenvalue weighted by Gasteiger charge is 2.20. The van der Waals surface area contributed by atoms with E-state index in [1.54, 1.807) is 11.3 Å². The summed E-state index contributed by atoms with van der Waals surface area (Å²) in [5, 5.41) is 4.68. The van der Waals surface area contributed by atoms with E-state index in [-0.39, 0.29) is 0 Å². The third kappa shape index (κ3) is 4.29. The van der Waals surface area contributed by atoms with E-state index < -0.39 is 0 Å². The minimum Gasteiger partial charge on any atom is -0.493 e. The Balaban J connectivity index is 1.47.